The van der Waals surface area contributed by atoms with Crippen molar-refractivity contribution >= 4 is 17.6 Å². The molecule has 0 aliphatic heterocycles. The van der Waals surface area contributed by atoms with Gasteiger partial charge in [-0.15, -0.1) is 5.10 Å². The van der Waals surface area contributed by atoms with Gasteiger partial charge in [0, 0.05) is 31.7 Å². The van der Waals surface area contributed by atoms with Crippen molar-refractivity contribution in [3.8, 4) is 0 Å². The lowest BCUT2D eigenvalue weighted by Crippen LogP contribution is -2.37. The predicted molar refractivity (Wildman–Crippen MR) is 139 cm³/mol. The Morgan fingerprint density at radius 1 is 1.03 bits per heavy atom. The molecule has 2 fully saturated rings. The quantitative estimate of drug-likeness (QED) is 0.371. The highest BCUT2D eigenvalue weighted by Crippen LogP contribution is 2.42. The highest BCUT2D eigenvalue weighted by molar-refractivity contribution is 5.92. The van der Waals surface area contributed by atoms with Crippen LogP contribution < -0.4 is 10.6 Å². The fraction of sp³-hybridized carbons (Fsp3) is 0.630. The number of alkyl halides is 2. The average Bonchev–Trinajstić information content (AvgIpc) is 3.48. The van der Waals surface area contributed by atoms with E-state index >= 15 is 0 Å². The van der Waals surface area contributed by atoms with Crippen LogP contribution in [0, 0.1) is 11.8 Å². The van der Waals surface area contributed by atoms with Crippen molar-refractivity contribution in [2.75, 3.05) is 0 Å². The Kier molecular flexibility index (Phi) is 7.90. The zero-order chi connectivity index (χ0) is 27.6. The molecular formula is C27H36F2N8O2. The summed E-state index contributed by atoms with van der Waals surface area (Å²) in [7, 11) is 0. The summed E-state index contributed by atoms with van der Waals surface area (Å²) >= 11 is 0. The van der Waals surface area contributed by atoms with Gasteiger partial charge in [-0.25, -0.2) is 18.7 Å². The minimum atomic E-state index is -2.69. The fourth-order valence-electron chi connectivity index (χ4n) is 5.32. The number of hydrogen-bond acceptors (Lipinski definition) is 6. The Bertz CT molecular complexity index is 1310. The Morgan fingerprint density at radius 3 is 2.41 bits per heavy atom. The van der Waals surface area contributed by atoms with Gasteiger partial charge in [-0.3, -0.25) is 14.0 Å². The van der Waals surface area contributed by atoms with Gasteiger partial charge in [0.05, 0.1) is 36.2 Å². The molecule has 3 aromatic rings. The first kappa shape index (κ1) is 27.1. The molecule has 2 N–H and O–H groups in total. The molecule has 0 bridgehead atoms. The number of carbonyl (C=O) groups is 2. The molecule has 0 spiro atoms. The third kappa shape index (κ3) is 6.42. The molecule has 5 rings (SSSR count). The van der Waals surface area contributed by atoms with Gasteiger partial charge < -0.3 is 10.6 Å². The van der Waals surface area contributed by atoms with Crippen LogP contribution in [0.5, 0.6) is 0 Å². The lowest BCUT2D eigenvalue weighted by molar-refractivity contribution is -0.122. The maximum Gasteiger partial charge on any atom is 0.274 e. The van der Waals surface area contributed by atoms with E-state index in [9.17, 15) is 18.4 Å². The van der Waals surface area contributed by atoms with Gasteiger partial charge in [-0.1, -0.05) is 13.8 Å². The molecule has 0 unspecified atom stereocenters. The van der Waals surface area contributed by atoms with Crippen molar-refractivity contribution in [1.82, 2.24) is 40.0 Å². The van der Waals surface area contributed by atoms with Crippen molar-refractivity contribution in [3.63, 3.8) is 0 Å². The third-order valence-electron chi connectivity index (χ3n) is 7.60. The van der Waals surface area contributed by atoms with E-state index in [-0.39, 0.29) is 49.2 Å². The molecule has 3 aromatic heterocycles. The molecular weight excluding hydrogens is 506 g/mol. The number of aryl methyl sites for hydroxylation is 1. The van der Waals surface area contributed by atoms with Gasteiger partial charge in [0.1, 0.15) is 0 Å². The summed E-state index contributed by atoms with van der Waals surface area (Å²) in [5.74, 6) is -2.52. The molecule has 2 amide bonds. The molecule has 10 nitrogen and oxygen atoms in total. The molecule has 2 saturated carbocycles. The first-order valence-corrected chi connectivity index (χ1v) is 14.0. The highest BCUT2D eigenvalue weighted by Gasteiger charge is 2.40. The predicted octanol–water partition coefficient (Wildman–Crippen LogP) is 4.39. The van der Waals surface area contributed by atoms with Crippen LogP contribution in [0.25, 0.3) is 5.78 Å². The molecule has 2 aliphatic rings. The number of imidazole rings is 1. The molecule has 210 valence electrons. The second-order valence-corrected chi connectivity index (χ2v) is 10.8. The van der Waals surface area contributed by atoms with Crippen LogP contribution in [0.4, 0.5) is 8.78 Å². The van der Waals surface area contributed by atoms with E-state index < -0.39 is 17.9 Å². The van der Waals surface area contributed by atoms with E-state index in [1.807, 2.05) is 26.1 Å². The number of carbonyl (C=O) groups excluding carboxylic acids is 2. The summed E-state index contributed by atoms with van der Waals surface area (Å²) in [6, 6.07) is 1.13. The lowest BCUT2D eigenvalue weighted by atomic mass is 9.81. The van der Waals surface area contributed by atoms with Gasteiger partial charge in [-0.2, -0.15) is 9.90 Å². The summed E-state index contributed by atoms with van der Waals surface area (Å²) in [5, 5.41) is 14.5. The number of amides is 2. The minimum Gasteiger partial charge on any atom is -0.347 e. The second kappa shape index (κ2) is 11.4. The molecule has 2 aliphatic carbocycles. The maximum atomic E-state index is 14.0. The van der Waals surface area contributed by atoms with E-state index in [4.69, 9.17) is 9.97 Å². The van der Waals surface area contributed by atoms with Crippen LogP contribution in [0.3, 0.4) is 0 Å². The van der Waals surface area contributed by atoms with E-state index in [0.29, 0.717) is 30.4 Å². The average molecular weight is 543 g/mol. The summed E-state index contributed by atoms with van der Waals surface area (Å²) < 4.78 is 29.7. The lowest BCUT2D eigenvalue weighted by Gasteiger charge is -2.33. The van der Waals surface area contributed by atoms with E-state index in [1.165, 1.54) is 11.0 Å². The van der Waals surface area contributed by atoms with E-state index in [2.05, 4.69) is 20.8 Å². The fourth-order valence-corrected chi connectivity index (χ4v) is 5.32. The topological polar surface area (TPSA) is 119 Å². The number of hydrogen-bond donors (Lipinski definition) is 2. The summed E-state index contributed by atoms with van der Waals surface area (Å²) in [5.41, 5.74) is 1.48. The Morgan fingerprint density at radius 2 is 1.72 bits per heavy atom. The van der Waals surface area contributed by atoms with Gasteiger partial charge in [-0.05, 0) is 56.4 Å². The molecule has 3 heterocycles. The zero-order valence-corrected chi connectivity index (χ0v) is 22.4. The first-order chi connectivity index (χ1) is 18.8. The SMILES string of the molecule is CCCC(=O)N[C@H](c1ccn2cc([C@@H](NC(=O)c3cnn(CCC)n3)C3CCC(F)(F)CC3)nc2n1)C1CC1. The van der Waals surface area contributed by atoms with Crippen molar-refractivity contribution < 1.29 is 18.4 Å². The summed E-state index contributed by atoms with van der Waals surface area (Å²) in [6.07, 6.45) is 9.26. The molecule has 39 heavy (non-hydrogen) atoms. The normalized spacial score (nSPS) is 19.1. The Labute approximate surface area is 226 Å². The molecule has 0 radical (unpaired) electrons. The summed E-state index contributed by atoms with van der Waals surface area (Å²) in [6.45, 7) is 4.56. The van der Waals surface area contributed by atoms with Crippen LogP contribution in [0.1, 0.15) is 106 Å². The smallest absolute Gasteiger partial charge is 0.274 e. The van der Waals surface area contributed by atoms with Crippen LogP contribution in [-0.2, 0) is 11.3 Å². The van der Waals surface area contributed by atoms with Crippen molar-refractivity contribution in [3.05, 3.63) is 41.7 Å². The monoisotopic (exact) mass is 542 g/mol. The molecule has 12 heteroatoms. The number of nitrogens with zero attached hydrogens (tertiary/aromatic N) is 6. The minimum absolute atomic E-state index is 0.00727. The van der Waals surface area contributed by atoms with Crippen LogP contribution in [0.2, 0.25) is 0 Å². The standard InChI is InChI=1S/C27H36F2N8O2/c1-3-5-22(38)33-23(17-6-7-17)19-10-14-36-16-21(32-26(36)31-19)24(18-8-11-27(28,29)12-9-18)34-25(39)20-15-30-37(35-20)13-4-2/h10,14-18,23-24H,3-9,11-13H2,1-2H3,(H,33,38)(H,34,39)/t23-,24-/m0/s1. The molecule has 2 atom stereocenters. The molecule has 0 aromatic carbocycles. The number of halogens is 2. The second-order valence-electron chi connectivity index (χ2n) is 10.8. The summed E-state index contributed by atoms with van der Waals surface area (Å²) in [4.78, 5) is 36.4. The van der Waals surface area contributed by atoms with Gasteiger partial charge in [0.15, 0.2) is 5.69 Å². The number of nitrogens with one attached hydrogen (secondary N) is 2. The zero-order valence-electron chi connectivity index (χ0n) is 22.4. The van der Waals surface area contributed by atoms with Crippen LogP contribution >= 0.6 is 0 Å². The third-order valence-corrected chi connectivity index (χ3v) is 7.60. The van der Waals surface area contributed by atoms with Crippen LogP contribution in [0.15, 0.2) is 24.7 Å². The first-order valence-electron chi connectivity index (χ1n) is 14.0. The van der Waals surface area contributed by atoms with Gasteiger partial charge >= 0.3 is 0 Å². The van der Waals surface area contributed by atoms with Gasteiger partial charge in [0.25, 0.3) is 5.91 Å². The van der Waals surface area contributed by atoms with Gasteiger partial charge in [0.2, 0.25) is 17.6 Å². The van der Waals surface area contributed by atoms with Crippen molar-refractivity contribution in [1.29, 1.82) is 0 Å². The largest absolute Gasteiger partial charge is 0.347 e. The highest BCUT2D eigenvalue weighted by atomic mass is 19.3. The maximum absolute atomic E-state index is 14.0. The number of aromatic nitrogens is 6. The van der Waals surface area contributed by atoms with E-state index in [0.717, 1.165) is 31.4 Å². The van der Waals surface area contributed by atoms with E-state index in [1.54, 1.807) is 10.6 Å². The number of fused-ring (bicyclic) bond motifs is 1. The van der Waals surface area contributed by atoms with Crippen molar-refractivity contribution in [2.45, 2.75) is 96.2 Å². The molecule has 0 saturated heterocycles. The Balaban J connectivity index is 1.41. The Hall–Kier alpha value is -3.44. The van der Waals surface area contributed by atoms with Crippen molar-refractivity contribution in [2.24, 2.45) is 11.8 Å². The van der Waals surface area contributed by atoms with Crippen LogP contribution in [-0.4, -0.2) is 47.1 Å². The number of rotatable bonds is 11.